The minimum Gasteiger partial charge on any atom is -0.344 e. The molecule has 0 spiro atoms. The van der Waals surface area contributed by atoms with Gasteiger partial charge in [0.15, 0.2) is 0 Å². The van der Waals surface area contributed by atoms with Gasteiger partial charge in [0.25, 0.3) is 0 Å². The first-order valence-electron chi connectivity index (χ1n) is 3.64. The van der Waals surface area contributed by atoms with Gasteiger partial charge in [-0.2, -0.15) is 0 Å². The Hall–Kier alpha value is -0.160. The molecule has 1 aliphatic heterocycles. The molecule has 5 heteroatoms. The lowest BCUT2D eigenvalue weighted by atomic mass is 10.6. The van der Waals surface area contributed by atoms with E-state index in [1.165, 1.54) is 11.3 Å². The van der Waals surface area contributed by atoms with Gasteiger partial charge in [0.05, 0.1) is 19.1 Å². The van der Waals surface area contributed by atoms with Crippen molar-refractivity contribution in [1.29, 1.82) is 0 Å². The number of halogens is 1. The molecule has 1 aromatic rings. The Morgan fingerprint density at radius 1 is 1.58 bits per heavy atom. The molecule has 66 valence electrons. The summed E-state index contributed by atoms with van der Waals surface area (Å²) in [6.07, 6.45) is 1.50. The average Bonchev–Trinajstić information content (AvgIpc) is 2.75. The summed E-state index contributed by atoms with van der Waals surface area (Å²) in [5.41, 5.74) is 0. The zero-order valence-corrected chi connectivity index (χ0v) is 7.90. The van der Waals surface area contributed by atoms with Crippen LogP contribution in [-0.4, -0.2) is 18.2 Å². The molecule has 0 aliphatic carbocycles. The van der Waals surface area contributed by atoms with E-state index in [0.29, 0.717) is 19.1 Å². The largest absolute Gasteiger partial charge is 0.344 e. The van der Waals surface area contributed by atoms with Crippen molar-refractivity contribution in [2.24, 2.45) is 0 Å². The van der Waals surface area contributed by atoms with E-state index >= 15 is 0 Å². The van der Waals surface area contributed by atoms with Crippen LogP contribution >= 0.6 is 22.9 Å². The van der Waals surface area contributed by atoms with Gasteiger partial charge in [-0.15, -0.1) is 22.9 Å². The number of alkyl halides is 1. The standard InChI is InChI=1S/C7H8ClNO2S/c8-3-5-4-9-6(12-5)7-10-1-2-11-7/h4,7H,1-3H2. The van der Waals surface area contributed by atoms with Crippen molar-refractivity contribution in [3.05, 3.63) is 16.1 Å². The number of nitrogens with zero attached hydrogens (tertiary/aromatic N) is 1. The highest BCUT2D eigenvalue weighted by Crippen LogP contribution is 2.27. The van der Waals surface area contributed by atoms with Crippen molar-refractivity contribution in [2.75, 3.05) is 13.2 Å². The number of aromatic nitrogens is 1. The lowest BCUT2D eigenvalue weighted by molar-refractivity contribution is -0.0442. The molecule has 1 fully saturated rings. The molecule has 1 aromatic heterocycles. The molecule has 0 aromatic carbocycles. The van der Waals surface area contributed by atoms with Crippen molar-refractivity contribution < 1.29 is 9.47 Å². The van der Waals surface area contributed by atoms with Crippen molar-refractivity contribution >= 4 is 22.9 Å². The van der Waals surface area contributed by atoms with Crippen LogP contribution in [0.5, 0.6) is 0 Å². The second-order valence-corrected chi connectivity index (χ2v) is 3.79. The van der Waals surface area contributed by atoms with Gasteiger partial charge in [0, 0.05) is 11.1 Å². The number of thiazole rings is 1. The van der Waals surface area contributed by atoms with Crippen LogP contribution in [0, 0.1) is 0 Å². The Kier molecular flexibility index (Phi) is 2.60. The van der Waals surface area contributed by atoms with Gasteiger partial charge in [-0.05, 0) is 0 Å². The fourth-order valence-corrected chi connectivity index (χ4v) is 1.99. The van der Waals surface area contributed by atoms with E-state index < -0.39 is 0 Å². The maximum absolute atomic E-state index is 5.64. The molecule has 1 aliphatic rings. The van der Waals surface area contributed by atoms with Crippen LogP contribution in [0.25, 0.3) is 0 Å². The molecule has 3 nitrogen and oxygen atoms in total. The van der Waals surface area contributed by atoms with Gasteiger partial charge in [-0.1, -0.05) is 0 Å². The predicted octanol–water partition coefficient (Wildman–Crippen LogP) is 1.93. The van der Waals surface area contributed by atoms with Crippen molar-refractivity contribution in [3.63, 3.8) is 0 Å². The summed E-state index contributed by atoms with van der Waals surface area (Å²) in [7, 11) is 0. The van der Waals surface area contributed by atoms with Crippen LogP contribution in [0.2, 0.25) is 0 Å². The molecular formula is C7H8ClNO2S. The molecule has 1 saturated heterocycles. The van der Waals surface area contributed by atoms with Crippen molar-refractivity contribution in [2.45, 2.75) is 12.2 Å². The lowest BCUT2D eigenvalue weighted by Gasteiger charge is -2.02. The van der Waals surface area contributed by atoms with Crippen LogP contribution in [0.1, 0.15) is 16.2 Å². The molecular weight excluding hydrogens is 198 g/mol. The number of rotatable bonds is 2. The third-order valence-corrected chi connectivity index (χ3v) is 2.99. The summed E-state index contributed by atoms with van der Waals surface area (Å²) in [5, 5.41) is 0.864. The van der Waals surface area contributed by atoms with Crippen molar-refractivity contribution in [1.82, 2.24) is 4.98 Å². The van der Waals surface area contributed by atoms with Crippen molar-refractivity contribution in [3.8, 4) is 0 Å². The van der Waals surface area contributed by atoms with Gasteiger partial charge >= 0.3 is 0 Å². The first-order valence-corrected chi connectivity index (χ1v) is 4.99. The van der Waals surface area contributed by atoms with Crippen LogP contribution in [0.4, 0.5) is 0 Å². The van der Waals surface area contributed by atoms with Gasteiger partial charge < -0.3 is 9.47 Å². The van der Waals surface area contributed by atoms with E-state index in [1.54, 1.807) is 6.20 Å². The number of ether oxygens (including phenoxy) is 2. The van der Waals surface area contributed by atoms with Crippen LogP contribution < -0.4 is 0 Å². The molecule has 0 atom stereocenters. The number of hydrogen-bond acceptors (Lipinski definition) is 4. The minimum atomic E-state index is -0.257. The van der Waals surface area contributed by atoms with Gasteiger partial charge in [-0.3, -0.25) is 0 Å². The second kappa shape index (κ2) is 3.70. The molecule has 2 rings (SSSR count). The summed E-state index contributed by atoms with van der Waals surface area (Å²) in [5.74, 6) is 0.504. The zero-order chi connectivity index (χ0) is 8.39. The van der Waals surface area contributed by atoms with Crippen LogP contribution in [-0.2, 0) is 15.4 Å². The summed E-state index contributed by atoms with van der Waals surface area (Å²) < 4.78 is 10.6. The van der Waals surface area contributed by atoms with Crippen LogP contribution in [0.3, 0.4) is 0 Å². The Labute approximate surface area is 79.3 Å². The highest BCUT2D eigenvalue weighted by Gasteiger charge is 2.21. The average molecular weight is 206 g/mol. The molecule has 0 N–H and O–H groups in total. The molecule has 2 heterocycles. The summed E-state index contributed by atoms with van der Waals surface area (Å²) in [6, 6.07) is 0. The molecule has 12 heavy (non-hydrogen) atoms. The van der Waals surface area contributed by atoms with Gasteiger partial charge in [0.2, 0.25) is 6.29 Å². The summed E-state index contributed by atoms with van der Waals surface area (Å²) in [6.45, 7) is 1.31. The highest BCUT2D eigenvalue weighted by atomic mass is 35.5. The monoisotopic (exact) mass is 205 g/mol. The summed E-state index contributed by atoms with van der Waals surface area (Å²) in [4.78, 5) is 5.20. The lowest BCUT2D eigenvalue weighted by Crippen LogP contribution is -1.95. The van der Waals surface area contributed by atoms with E-state index in [4.69, 9.17) is 21.1 Å². The Balaban J connectivity index is 2.11. The van der Waals surface area contributed by atoms with E-state index in [-0.39, 0.29) is 6.29 Å². The van der Waals surface area contributed by atoms with E-state index in [2.05, 4.69) is 4.98 Å². The normalized spacial score (nSPS) is 18.8. The zero-order valence-electron chi connectivity index (χ0n) is 6.33. The van der Waals surface area contributed by atoms with E-state index in [1.807, 2.05) is 0 Å². The molecule has 0 amide bonds. The SMILES string of the molecule is ClCc1cnc(C2OCCO2)s1. The quantitative estimate of drug-likeness (QED) is 0.692. The first kappa shape index (κ1) is 8.44. The number of hydrogen-bond donors (Lipinski definition) is 0. The van der Waals surface area contributed by atoms with Gasteiger partial charge in [0.1, 0.15) is 5.01 Å². The molecule has 0 saturated carbocycles. The Morgan fingerprint density at radius 2 is 2.33 bits per heavy atom. The molecule has 0 radical (unpaired) electrons. The van der Waals surface area contributed by atoms with Crippen LogP contribution in [0.15, 0.2) is 6.20 Å². The highest BCUT2D eigenvalue weighted by molar-refractivity contribution is 7.11. The Bertz CT molecular complexity index is 260. The third kappa shape index (κ3) is 1.61. The fourth-order valence-electron chi connectivity index (χ4n) is 0.994. The summed E-state index contributed by atoms with van der Waals surface area (Å²) >= 11 is 7.17. The molecule has 0 bridgehead atoms. The smallest absolute Gasteiger partial charge is 0.211 e. The molecule has 0 unspecified atom stereocenters. The maximum atomic E-state index is 5.64. The maximum Gasteiger partial charge on any atom is 0.211 e. The van der Waals surface area contributed by atoms with E-state index in [9.17, 15) is 0 Å². The van der Waals surface area contributed by atoms with E-state index in [0.717, 1.165) is 9.88 Å². The third-order valence-electron chi connectivity index (χ3n) is 1.53. The fraction of sp³-hybridized carbons (Fsp3) is 0.571. The first-order chi connectivity index (χ1) is 5.90. The minimum absolute atomic E-state index is 0.257. The predicted molar refractivity (Wildman–Crippen MR) is 46.3 cm³/mol. The van der Waals surface area contributed by atoms with Gasteiger partial charge in [-0.25, -0.2) is 4.98 Å². The Morgan fingerprint density at radius 3 is 2.92 bits per heavy atom. The second-order valence-electron chi connectivity index (χ2n) is 2.37. The topological polar surface area (TPSA) is 31.4 Å².